The first-order valence-corrected chi connectivity index (χ1v) is 16.9. The van der Waals surface area contributed by atoms with Crippen molar-refractivity contribution in [1.82, 2.24) is 10.2 Å². The molecular formula is C32H36Cl3N3O4S. The van der Waals surface area contributed by atoms with Crippen LogP contribution in [-0.4, -0.2) is 43.8 Å². The maximum absolute atomic E-state index is 14.3. The molecule has 1 atom stereocenters. The molecule has 0 radical (unpaired) electrons. The van der Waals surface area contributed by atoms with Gasteiger partial charge >= 0.3 is 0 Å². The first-order chi connectivity index (χ1) is 20.4. The van der Waals surface area contributed by atoms with Crippen LogP contribution in [0.25, 0.3) is 0 Å². The van der Waals surface area contributed by atoms with Crippen molar-refractivity contribution in [1.29, 1.82) is 0 Å². The number of amides is 2. The third-order valence-corrected chi connectivity index (χ3v) is 10.7. The average molecular weight is 665 g/mol. The van der Waals surface area contributed by atoms with Crippen LogP contribution in [0.3, 0.4) is 0 Å². The Morgan fingerprint density at radius 1 is 0.907 bits per heavy atom. The van der Waals surface area contributed by atoms with Gasteiger partial charge in [-0.25, -0.2) is 8.42 Å². The summed E-state index contributed by atoms with van der Waals surface area (Å²) >= 11 is 18.8. The minimum atomic E-state index is -4.20. The number of benzene rings is 3. The van der Waals surface area contributed by atoms with Crippen LogP contribution in [0.4, 0.5) is 5.69 Å². The molecule has 0 aromatic heterocycles. The number of hydrogen-bond donors (Lipinski definition) is 1. The summed E-state index contributed by atoms with van der Waals surface area (Å²) < 4.78 is 29.1. The number of nitrogens with one attached hydrogen (secondary N) is 1. The highest BCUT2D eigenvalue weighted by Crippen LogP contribution is 2.30. The second kappa shape index (κ2) is 14.3. The standard InChI is InChI=1S/C32H36Cl3N3O4S/c1-4-30(32(40)36-24-7-5-6-8-24)37(19-23-12-16-27(33)29(35)17-23)31(39)20-38(25-13-11-22(3)28(34)18-25)43(41,42)26-14-9-21(2)10-15-26/h9-18,24,30H,4-8,19-20H2,1-3H3,(H,36,40)/t30-/m1/s1. The van der Waals surface area contributed by atoms with E-state index in [1.165, 1.54) is 23.1 Å². The molecule has 7 nitrogen and oxygen atoms in total. The summed E-state index contributed by atoms with van der Waals surface area (Å²) in [7, 11) is -4.20. The van der Waals surface area contributed by atoms with E-state index in [0.29, 0.717) is 27.1 Å². The van der Waals surface area contributed by atoms with Crippen LogP contribution in [-0.2, 0) is 26.2 Å². The molecule has 1 aliphatic rings. The van der Waals surface area contributed by atoms with E-state index in [-0.39, 0.29) is 29.1 Å². The lowest BCUT2D eigenvalue weighted by Gasteiger charge is -2.34. The van der Waals surface area contributed by atoms with Crippen molar-refractivity contribution in [3.63, 3.8) is 0 Å². The molecule has 0 unspecified atom stereocenters. The van der Waals surface area contributed by atoms with Gasteiger partial charge in [0.15, 0.2) is 0 Å². The van der Waals surface area contributed by atoms with E-state index in [9.17, 15) is 18.0 Å². The van der Waals surface area contributed by atoms with Crippen LogP contribution in [0.1, 0.15) is 55.7 Å². The van der Waals surface area contributed by atoms with Gasteiger partial charge in [-0.2, -0.15) is 0 Å². The lowest BCUT2D eigenvalue weighted by molar-refractivity contribution is -0.140. The van der Waals surface area contributed by atoms with Crippen molar-refractivity contribution in [3.05, 3.63) is 92.4 Å². The highest BCUT2D eigenvalue weighted by Gasteiger charge is 2.34. The first-order valence-electron chi connectivity index (χ1n) is 14.3. The first kappa shape index (κ1) is 33.1. The molecule has 0 saturated heterocycles. The highest BCUT2D eigenvalue weighted by atomic mass is 35.5. The number of anilines is 1. The Balaban J connectivity index is 1.74. The van der Waals surface area contributed by atoms with Gasteiger partial charge in [-0.15, -0.1) is 0 Å². The molecule has 11 heteroatoms. The van der Waals surface area contributed by atoms with E-state index in [4.69, 9.17) is 34.8 Å². The van der Waals surface area contributed by atoms with Crippen LogP contribution in [0.15, 0.2) is 65.6 Å². The van der Waals surface area contributed by atoms with Crippen LogP contribution in [0, 0.1) is 13.8 Å². The molecule has 0 bridgehead atoms. The molecule has 1 saturated carbocycles. The Bertz CT molecular complexity index is 1580. The molecule has 1 fully saturated rings. The highest BCUT2D eigenvalue weighted by molar-refractivity contribution is 7.92. The Kier molecular flexibility index (Phi) is 11.0. The zero-order valence-electron chi connectivity index (χ0n) is 24.4. The van der Waals surface area contributed by atoms with Crippen molar-refractivity contribution >= 4 is 62.3 Å². The smallest absolute Gasteiger partial charge is 0.264 e. The minimum Gasteiger partial charge on any atom is -0.352 e. The number of carbonyl (C=O) groups excluding carboxylic acids is 2. The minimum absolute atomic E-state index is 0.0272. The van der Waals surface area contributed by atoms with E-state index >= 15 is 0 Å². The van der Waals surface area contributed by atoms with Gasteiger partial charge < -0.3 is 10.2 Å². The van der Waals surface area contributed by atoms with E-state index in [2.05, 4.69) is 5.32 Å². The fourth-order valence-electron chi connectivity index (χ4n) is 5.22. The Morgan fingerprint density at radius 3 is 2.19 bits per heavy atom. The van der Waals surface area contributed by atoms with Gasteiger partial charge in [0.2, 0.25) is 11.8 Å². The Hall–Kier alpha value is -2.78. The third-order valence-electron chi connectivity index (χ3n) is 7.76. The number of sulfonamides is 1. The second-order valence-corrected chi connectivity index (χ2v) is 14.0. The molecule has 230 valence electrons. The predicted octanol–water partition coefficient (Wildman–Crippen LogP) is 7.33. The van der Waals surface area contributed by atoms with Crippen molar-refractivity contribution in [2.45, 2.75) is 76.4 Å². The van der Waals surface area contributed by atoms with E-state index < -0.39 is 28.5 Å². The molecule has 43 heavy (non-hydrogen) atoms. The topological polar surface area (TPSA) is 86.8 Å². The summed E-state index contributed by atoms with van der Waals surface area (Å²) in [5, 5.41) is 4.14. The number of halogens is 3. The van der Waals surface area contributed by atoms with Crippen molar-refractivity contribution in [2.24, 2.45) is 0 Å². The summed E-state index contributed by atoms with van der Waals surface area (Å²) in [4.78, 5) is 29.3. The number of carbonyl (C=O) groups is 2. The Morgan fingerprint density at radius 2 is 1.58 bits per heavy atom. The zero-order chi connectivity index (χ0) is 31.3. The van der Waals surface area contributed by atoms with Crippen molar-refractivity contribution in [3.8, 4) is 0 Å². The molecule has 0 heterocycles. The molecule has 0 spiro atoms. The molecule has 2 amide bonds. The lowest BCUT2D eigenvalue weighted by Crippen LogP contribution is -2.53. The summed E-state index contributed by atoms with van der Waals surface area (Å²) in [5.74, 6) is -0.819. The second-order valence-electron chi connectivity index (χ2n) is 10.9. The van der Waals surface area contributed by atoms with Gasteiger partial charge in [-0.05, 0) is 80.6 Å². The summed E-state index contributed by atoms with van der Waals surface area (Å²) in [6, 6.07) is 15.5. The van der Waals surface area contributed by atoms with Crippen LogP contribution in [0.2, 0.25) is 15.1 Å². The van der Waals surface area contributed by atoms with Gasteiger partial charge in [-0.1, -0.05) is 84.4 Å². The molecule has 1 N–H and O–H groups in total. The predicted molar refractivity (Wildman–Crippen MR) is 173 cm³/mol. The SMILES string of the molecule is CC[C@H](C(=O)NC1CCCC1)N(Cc1ccc(Cl)c(Cl)c1)C(=O)CN(c1ccc(C)c(Cl)c1)S(=O)(=O)c1ccc(C)cc1. The van der Waals surface area contributed by atoms with Gasteiger partial charge in [0, 0.05) is 17.6 Å². The summed E-state index contributed by atoms with van der Waals surface area (Å²) in [6.45, 7) is 4.97. The van der Waals surface area contributed by atoms with Crippen LogP contribution < -0.4 is 9.62 Å². The zero-order valence-corrected chi connectivity index (χ0v) is 27.5. The van der Waals surface area contributed by atoms with Gasteiger partial charge in [-0.3, -0.25) is 13.9 Å². The maximum atomic E-state index is 14.3. The maximum Gasteiger partial charge on any atom is 0.264 e. The van der Waals surface area contributed by atoms with Gasteiger partial charge in [0.25, 0.3) is 10.0 Å². The monoisotopic (exact) mass is 663 g/mol. The number of rotatable bonds is 11. The van der Waals surface area contributed by atoms with E-state index in [0.717, 1.165) is 41.1 Å². The summed E-state index contributed by atoms with van der Waals surface area (Å²) in [6.07, 6.45) is 4.18. The lowest BCUT2D eigenvalue weighted by atomic mass is 10.1. The Labute approximate surface area is 269 Å². The molecular weight excluding hydrogens is 629 g/mol. The van der Waals surface area contributed by atoms with Crippen molar-refractivity contribution in [2.75, 3.05) is 10.8 Å². The number of aryl methyl sites for hydroxylation is 2. The fraction of sp³-hybridized carbons (Fsp3) is 0.375. The molecule has 0 aliphatic heterocycles. The third kappa shape index (κ3) is 8.04. The molecule has 1 aliphatic carbocycles. The van der Waals surface area contributed by atoms with Gasteiger partial charge in [0.05, 0.1) is 20.6 Å². The quantitative estimate of drug-likeness (QED) is 0.233. The normalized spacial score (nSPS) is 14.4. The van der Waals surface area contributed by atoms with Crippen molar-refractivity contribution < 1.29 is 18.0 Å². The fourth-order valence-corrected chi connectivity index (χ4v) is 7.13. The molecule has 4 rings (SSSR count). The molecule has 3 aromatic carbocycles. The van der Waals surface area contributed by atoms with Crippen LogP contribution in [0.5, 0.6) is 0 Å². The average Bonchev–Trinajstić information content (AvgIpc) is 3.48. The van der Waals surface area contributed by atoms with E-state index in [1.54, 1.807) is 42.5 Å². The largest absolute Gasteiger partial charge is 0.352 e. The van der Waals surface area contributed by atoms with Crippen LogP contribution >= 0.6 is 34.8 Å². The number of nitrogens with zero attached hydrogens (tertiary/aromatic N) is 2. The molecule has 3 aromatic rings. The summed E-state index contributed by atoms with van der Waals surface area (Å²) in [5.41, 5.74) is 2.55. The van der Waals surface area contributed by atoms with E-state index in [1.807, 2.05) is 20.8 Å². The van der Waals surface area contributed by atoms with Gasteiger partial charge in [0.1, 0.15) is 12.6 Å². The number of hydrogen-bond acceptors (Lipinski definition) is 4.